The van der Waals surface area contributed by atoms with E-state index < -0.39 is 17.7 Å². The minimum atomic E-state index is -0.407. The summed E-state index contributed by atoms with van der Waals surface area (Å²) >= 11 is 0. The number of hydrogen-bond acceptors (Lipinski definition) is 4. The van der Waals surface area contributed by atoms with E-state index in [-0.39, 0.29) is 12.6 Å². The van der Waals surface area contributed by atoms with Gasteiger partial charge in [0.05, 0.1) is 23.4 Å². The summed E-state index contributed by atoms with van der Waals surface area (Å²) < 4.78 is 0. The molecule has 1 fully saturated rings. The van der Waals surface area contributed by atoms with Crippen LogP contribution in [0.4, 0.5) is 16.2 Å². The van der Waals surface area contributed by atoms with Crippen LogP contribution in [0.3, 0.4) is 0 Å². The zero-order valence-corrected chi connectivity index (χ0v) is 17.0. The summed E-state index contributed by atoms with van der Waals surface area (Å²) in [6.45, 7) is 0.434. The molecule has 0 atom stereocenters. The number of nitrogens with zero attached hydrogens (tertiary/aromatic N) is 1. The van der Waals surface area contributed by atoms with Crippen LogP contribution in [-0.2, 0) is 4.79 Å². The quantitative estimate of drug-likeness (QED) is 0.625. The molecule has 1 aliphatic carbocycles. The molecule has 0 saturated heterocycles. The van der Waals surface area contributed by atoms with Crippen molar-refractivity contribution in [1.82, 2.24) is 10.6 Å². The lowest BCUT2D eigenvalue weighted by atomic mass is 10.1. The Kier molecular flexibility index (Phi) is 5.97. The van der Waals surface area contributed by atoms with Gasteiger partial charge < -0.3 is 16.0 Å². The average Bonchev–Trinajstić information content (AvgIpc) is 3.38. The third kappa shape index (κ3) is 4.58. The fraction of sp³-hybridized carbons (Fsp3) is 0.304. The maximum atomic E-state index is 12.6. The van der Waals surface area contributed by atoms with Gasteiger partial charge in [-0.25, -0.2) is 9.69 Å². The Labute approximate surface area is 180 Å². The first-order valence-corrected chi connectivity index (χ1v) is 10.4. The highest BCUT2D eigenvalue weighted by Gasteiger charge is 2.36. The zero-order valence-electron chi connectivity index (χ0n) is 17.0. The first kappa shape index (κ1) is 20.6. The molecule has 8 heteroatoms. The molecule has 0 radical (unpaired) electrons. The summed E-state index contributed by atoms with van der Waals surface area (Å²) in [4.78, 5) is 50.5. The molecule has 0 bridgehead atoms. The van der Waals surface area contributed by atoms with Crippen LogP contribution >= 0.6 is 0 Å². The molecule has 1 saturated carbocycles. The Bertz CT molecular complexity index is 995. The topological polar surface area (TPSA) is 108 Å². The van der Waals surface area contributed by atoms with Gasteiger partial charge in [-0.2, -0.15) is 0 Å². The lowest BCUT2D eigenvalue weighted by molar-refractivity contribution is -0.115. The van der Waals surface area contributed by atoms with E-state index in [1.165, 1.54) is 12.8 Å². The van der Waals surface area contributed by atoms with Crippen molar-refractivity contribution in [2.75, 3.05) is 23.3 Å². The Balaban J connectivity index is 1.32. The van der Waals surface area contributed by atoms with E-state index in [0.717, 1.165) is 17.7 Å². The molecule has 2 aliphatic rings. The van der Waals surface area contributed by atoms with Crippen LogP contribution in [0.5, 0.6) is 0 Å². The van der Waals surface area contributed by atoms with Gasteiger partial charge in [0.2, 0.25) is 5.91 Å². The Hall–Kier alpha value is -3.68. The first-order chi connectivity index (χ1) is 15.0. The molecule has 2 aromatic carbocycles. The van der Waals surface area contributed by atoms with E-state index in [0.29, 0.717) is 35.0 Å². The number of hydrogen-bond donors (Lipinski definition) is 3. The highest BCUT2D eigenvalue weighted by molar-refractivity contribution is 6.34. The molecular weight excluding hydrogens is 396 g/mol. The van der Waals surface area contributed by atoms with Crippen LogP contribution in [0.15, 0.2) is 48.5 Å². The molecule has 1 aliphatic heterocycles. The molecule has 3 N–H and O–H groups in total. The van der Waals surface area contributed by atoms with E-state index in [9.17, 15) is 19.2 Å². The van der Waals surface area contributed by atoms with Crippen LogP contribution in [-0.4, -0.2) is 36.8 Å². The van der Waals surface area contributed by atoms with Crippen molar-refractivity contribution >= 4 is 35.1 Å². The van der Waals surface area contributed by atoms with Gasteiger partial charge in [0.25, 0.3) is 11.8 Å². The number of benzene rings is 2. The van der Waals surface area contributed by atoms with E-state index in [2.05, 4.69) is 16.0 Å². The lowest BCUT2D eigenvalue weighted by Gasteiger charge is -2.15. The highest BCUT2D eigenvalue weighted by atomic mass is 16.2. The van der Waals surface area contributed by atoms with Crippen LogP contribution in [0, 0.1) is 5.92 Å². The van der Waals surface area contributed by atoms with Crippen molar-refractivity contribution in [2.45, 2.75) is 25.7 Å². The molecular formula is C23H24N4O4. The Morgan fingerprint density at radius 1 is 0.903 bits per heavy atom. The van der Waals surface area contributed by atoms with Crippen molar-refractivity contribution in [2.24, 2.45) is 5.92 Å². The monoisotopic (exact) mass is 420 g/mol. The minimum absolute atomic E-state index is 0.187. The number of imide groups is 1. The van der Waals surface area contributed by atoms with Gasteiger partial charge in [0.15, 0.2) is 0 Å². The maximum Gasteiger partial charge on any atom is 0.315 e. The zero-order chi connectivity index (χ0) is 21.8. The van der Waals surface area contributed by atoms with Gasteiger partial charge in [-0.1, -0.05) is 31.0 Å². The molecule has 0 aromatic heterocycles. The summed E-state index contributed by atoms with van der Waals surface area (Å²) in [5, 5.41) is 8.02. The molecule has 5 amide bonds. The highest BCUT2D eigenvalue weighted by Crippen LogP contribution is 2.29. The van der Waals surface area contributed by atoms with Crippen LogP contribution < -0.4 is 20.9 Å². The largest absolute Gasteiger partial charge is 0.338 e. The summed E-state index contributed by atoms with van der Waals surface area (Å²) in [6.07, 6.45) is 4.67. The van der Waals surface area contributed by atoms with Crippen molar-refractivity contribution < 1.29 is 19.2 Å². The Morgan fingerprint density at radius 2 is 1.58 bits per heavy atom. The summed E-state index contributed by atoms with van der Waals surface area (Å²) in [5.41, 5.74) is 1.50. The summed E-state index contributed by atoms with van der Waals surface area (Å²) in [6, 6.07) is 12.8. The fourth-order valence-electron chi connectivity index (χ4n) is 4.03. The van der Waals surface area contributed by atoms with Crippen molar-refractivity contribution in [3.63, 3.8) is 0 Å². The summed E-state index contributed by atoms with van der Waals surface area (Å²) in [5.74, 6) is -0.686. The third-order valence-corrected chi connectivity index (χ3v) is 5.62. The normalized spacial score (nSPS) is 15.7. The number of nitrogens with one attached hydrogen (secondary N) is 3. The molecule has 8 nitrogen and oxygen atoms in total. The average molecular weight is 420 g/mol. The van der Waals surface area contributed by atoms with Gasteiger partial charge in [-0.05, 0) is 49.1 Å². The van der Waals surface area contributed by atoms with Gasteiger partial charge in [-0.3, -0.25) is 14.4 Å². The predicted molar refractivity (Wildman–Crippen MR) is 116 cm³/mol. The number of anilines is 2. The predicted octanol–water partition coefficient (Wildman–Crippen LogP) is 2.92. The van der Waals surface area contributed by atoms with Gasteiger partial charge in [-0.15, -0.1) is 0 Å². The van der Waals surface area contributed by atoms with Crippen molar-refractivity contribution in [1.29, 1.82) is 0 Å². The number of amides is 5. The number of rotatable bonds is 6. The van der Waals surface area contributed by atoms with Crippen LogP contribution in [0.25, 0.3) is 0 Å². The molecule has 2 aromatic rings. The molecule has 0 unspecified atom stereocenters. The SMILES string of the molecule is O=C(CNC(=O)NCC1CCCC1)Nc1cccc(N2C(=O)c3ccccc3C2=O)c1. The second-order valence-electron chi connectivity index (χ2n) is 7.80. The third-order valence-electron chi connectivity index (χ3n) is 5.62. The van der Waals surface area contributed by atoms with Gasteiger partial charge in [0, 0.05) is 12.2 Å². The second-order valence-corrected chi connectivity index (χ2v) is 7.80. The molecule has 160 valence electrons. The van der Waals surface area contributed by atoms with E-state index in [4.69, 9.17) is 0 Å². The molecule has 31 heavy (non-hydrogen) atoms. The lowest BCUT2D eigenvalue weighted by Crippen LogP contribution is -2.41. The van der Waals surface area contributed by atoms with Crippen LogP contribution in [0.2, 0.25) is 0 Å². The van der Waals surface area contributed by atoms with Crippen molar-refractivity contribution in [3.05, 3.63) is 59.7 Å². The number of urea groups is 1. The smallest absolute Gasteiger partial charge is 0.315 e. The van der Waals surface area contributed by atoms with E-state index in [1.54, 1.807) is 48.5 Å². The number of carbonyl (C=O) groups excluding carboxylic acids is 4. The van der Waals surface area contributed by atoms with E-state index >= 15 is 0 Å². The van der Waals surface area contributed by atoms with E-state index in [1.807, 2.05) is 0 Å². The molecule has 4 rings (SSSR count). The van der Waals surface area contributed by atoms with Crippen molar-refractivity contribution in [3.8, 4) is 0 Å². The minimum Gasteiger partial charge on any atom is -0.338 e. The summed E-state index contributed by atoms with van der Waals surface area (Å²) in [7, 11) is 0. The fourth-order valence-corrected chi connectivity index (χ4v) is 4.03. The van der Waals surface area contributed by atoms with Gasteiger partial charge in [0.1, 0.15) is 0 Å². The standard InChI is InChI=1S/C23H24N4O4/c28-20(14-25-23(31)24-13-15-6-1-2-7-15)26-16-8-5-9-17(12-16)27-21(29)18-10-3-4-11-19(18)22(27)30/h3-5,8-12,15H,1-2,6-7,13-14H2,(H,26,28)(H2,24,25,31). The number of fused-ring (bicyclic) bond motifs is 1. The molecule has 0 spiro atoms. The van der Waals surface area contributed by atoms with Crippen LogP contribution in [0.1, 0.15) is 46.4 Å². The first-order valence-electron chi connectivity index (χ1n) is 10.4. The number of carbonyl (C=O) groups is 4. The second kappa shape index (κ2) is 8.99. The Morgan fingerprint density at radius 3 is 2.26 bits per heavy atom. The molecule has 1 heterocycles. The maximum absolute atomic E-state index is 12.6. The van der Waals surface area contributed by atoms with Gasteiger partial charge >= 0.3 is 6.03 Å².